The van der Waals surface area contributed by atoms with Crippen molar-refractivity contribution in [3.8, 4) is 17.0 Å². The van der Waals surface area contributed by atoms with Crippen LogP contribution >= 0.6 is 0 Å². The van der Waals surface area contributed by atoms with Crippen molar-refractivity contribution in [2.45, 2.75) is 33.2 Å². The van der Waals surface area contributed by atoms with E-state index in [4.69, 9.17) is 4.74 Å². The van der Waals surface area contributed by atoms with E-state index in [1.807, 2.05) is 80.1 Å². The summed E-state index contributed by atoms with van der Waals surface area (Å²) in [5, 5.41) is 7.51. The molecule has 4 rings (SSSR count). The first-order valence-electron chi connectivity index (χ1n) is 10.9. The van der Waals surface area contributed by atoms with Crippen molar-refractivity contribution in [1.82, 2.24) is 19.5 Å². The molecule has 1 N–H and O–H groups in total. The fourth-order valence-electron chi connectivity index (χ4n) is 3.97. The molecule has 0 fully saturated rings. The Balaban J connectivity index is 1.52. The van der Waals surface area contributed by atoms with Crippen molar-refractivity contribution < 1.29 is 9.53 Å². The van der Waals surface area contributed by atoms with Gasteiger partial charge in [-0.25, -0.2) is 0 Å². The first-order valence-corrected chi connectivity index (χ1v) is 10.9. The number of benzene rings is 2. The highest BCUT2D eigenvalue weighted by Gasteiger charge is 2.17. The summed E-state index contributed by atoms with van der Waals surface area (Å²) in [5.41, 5.74) is 5.83. The SMILES string of the molecule is COc1ccc(CNC(=O)CCc2c(C)n(C)c3cc(-c4ccccc4C)nn3c2=O)cc1. The van der Waals surface area contributed by atoms with Gasteiger partial charge in [-0.15, -0.1) is 0 Å². The Morgan fingerprint density at radius 2 is 1.82 bits per heavy atom. The Bertz CT molecular complexity index is 1370. The maximum atomic E-state index is 13.2. The predicted molar refractivity (Wildman–Crippen MR) is 129 cm³/mol. The lowest BCUT2D eigenvalue weighted by molar-refractivity contribution is -0.121. The fraction of sp³-hybridized carbons (Fsp3) is 0.269. The molecule has 33 heavy (non-hydrogen) atoms. The van der Waals surface area contributed by atoms with Crippen LogP contribution in [-0.2, 0) is 24.8 Å². The topological polar surface area (TPSA) is 77.6 Å². The maximum absolute atomic E-state index is 13.2. The number of nitrogens with one attached hydrogen (secondary N) is 1. The molecule has 2 aromatic heterocycles. The lowest BCUT2D eigenvalue weighted by atomic mass is 10.1. The molecule has 2 aromatic carbocycles. The molecule has 0 aliphatic rings. The summed E-state index contributed by atoms with van der Waals surface area (Å²) in [5.74, 6) is 0.671. The Labute approximate surface area is 192 Å². The highest BCUT2D eigenvalue weighted by atomic mass is 16.5. The van der Waals surface area contributed by atoms with E-state index in [0.717, 1.165) is 39.5 Å². The van der Waals surface area contributed by atoms with Gasteiger partial charge < -0.3 is 14.6 Å². The highest BCUT2D eigenvalue weighted by Crippen LogP contribution is 2.23. The number of methoxy groups -OCH3 is 1. The highest BCUT2D eigenvalue weighted by molar-refractivity contribution is 5.76. The van der Waals surface area contributed by atoms with Crippen LogP contribution in [0.25, 0.3) is 16.9 Å². The number of hydrogen-bond acceptors (Lipinski definition) is 4. The number of ether oxygens (including phenoxy) is 1. The summed E-state index contributed by atoms with van der Waals surface area (Å²) in [6.45, 7) is 4.36. The minimum absolute atomic E-state index is 0.103. The molecule has 0 aliphatic carbocycles. The second kappa shape index (κ2) is 9.32. The van der Waals surface area contributed by atoms with Gasteiger partial charge in [0.05, 0.1) is 12.8 Å². The van der Waals surface area contributed by atoms with Crippen LogP contribution < -0.4 is 15.6 Å². The normalized spacial score (nSPS) is 11.0. The van der Waals surface area contributed by atoms with Crippen LogP contribution in [0, 0.1) is 13.8 Å². The molecule has 0 saturated carbocycles. The molecule has 0 spiro atoms. The Morgan fingerprint density at radius 1 is 1.09 bits per heavy atom. The van der Waals surface area contributed by atoms with Gasteiger partial charge in [-0.05, 0) is 43.5 Å². The van der Waals surface area contributed by atoms with Crippen molar-refractivity contribution in [1.29, 1.82) is 0 Å². The summed E-state index contributed by atoms with van der Waals surface area (Å²) in [6, 6.07) is 17.5. The maximum Gasteiger partial charge on any atom is 0.277 e. The fourth-order valence-corrected chi connectivity index (χ4v) is 3.97. The van der Waals surface area contributed by atoms with Gasteiger partial charge in [0, 0.05) is 42.9 Å². The smallest absolute Gasteiger partial charge is 0.277 e. The number of nitrogens with zero attached hydrogens (tertiary/aromatic N) is 3. The van der Waals surface area contributed by atoms with E-state index in [0.29, 0.717) is 18.5 Å². The molecule has 0 radical (unpaired) electrons. The molecule has 0 aliphatic heterocycles. The van der Waals surface area contributed by atoms with Gasteiger partial charge in [0.2, 0.25) is 5.91 Å². The van der Waals surface area contributed by atoms with Crippen molar-refractivity contribution in [3.63, 3.8) is 0 Å². The van der Waals surface area contributed by atoms with Gasteiger partial charge in [0.15, 0.2) is 0 Å². The molecule has 1 amide bonds. The second-order valence-electron chi connectivity index (χ2n) is 8.17. The third-order valence-corrected chi connectivity index (χ3v) is 6.10. The predicted octanol–water partition coefficient (Wildman–Crippen LogP) is 3.57. The third kappa shape index (κ3) is 4.53. The van der Waals surface area contributed by atoms with Crippen molar-refractivity contribution >= 4 is 11.6 Å². The summed E-state index contributed by atoms with van der Waals surface area (Å²) < 4.78 is 8.55. The van der Waals surface area contributed by atoms with Gasteiger partial charge in [0.25, 0.3) is 5.56 Å². The van der Waals surface area contributed by atoms with Gasteiger partial charge in [-0.3, -0.25) is 9.59 Å². The van der Waals surface area contributed by atoms with Crippen molar-refractivity contribution in [2.75, 3.05) is 7.11 Å². The zero-order valence-corrected chi connectivity index (χ0v) is 19.4. The van der Waals surface area contributed by atoms with Crippen LogP contribution in [0.5, 0.6) is 5.75 Å². The van der Waals surface area contributed by atoms with E-state index >= 15 is 0 Å². The van der Waals surface area contributed by atoms with Crippen LogP contribution in [0.3, 0.4) is 0 Å². The summed E-state index contributed by atoms with van der Waals surface area (Å²) in [4.78, 5) is 25.7. The first kappa shape index (κ1) is 22.3. The number of fused-ring (bicyclic) bond motifs is 1. The van der Waals surface area contributed by atoms with E-state index in [1.165, 1.54) is 4.52 Å². The third-order valence-electron chi connectivity index (χ3n) is 6.10. The van der Waals surface area contributed by atoms with Gasteiger partial charge in [-0.2, -0.15) is 9.61 Å². The molecule has 170 valence electrons. The van der Waals surface area contributed by atoms with E-state index in [9.17, 15) is 9.59 Å². The summed E-state index contributed by atoms with van der Waals surface area (Å²) >= 11 is 0. The number of rotatable bonds is 7. The lowest BCUT2D eigenvalue weighted by Crippen LogP contribution is -2.27. The van der Waals surface area contributed by atoms with Crippen LogP contribution in [0.15, 0.2) is 59.4 Å². The van der Waals surface area contributed by atoms with Crippen LogP contribution in [0.1, 0.15) is 28.8 Å². The molecule has 0 unspecified atom stereocenters. The number of amides is 1. The van der Waals surface area contributed by atoms with E-state index in [-0.39, 0.29) is 17.9 Å². The molecule has 2 heterocycles. The van der Waals surface area contributed by atoms with Crippen LogP contribution in [0.4, 0.5) is 0 Å². The minimum atomic E-state index is -0.177. The molecule has 0 atom stereocenters. The van der Waals surface area contributed by atoms with Crippen molar-refractivity contribution in [2.24, 2.45) is 7.05 Å². The molecule has 0 saturated heterocycles. The summed E-state index contributed by atoms with van der Waals surface area (Å²) in [6.07, 6.45) is 0.576. The number of carbonyl (C=O) groups excluding carboxylic acids is 1. The number of hydrogen-bond donors (Lipinski definition) is 1. The molecule has 4 aromatic rings. The van der Waals surface area contributed by atoms with Crippen molar-refractivity contribution in [3.05, 3.63) is 87.3 Å². The minimum Gasteiger partial charge on any atom is -0.497 e. The number of carbonyl (C=O) groups is 1. The lowest BCUT2D eigenvalue weighted by Gasteiger charge is -2.12. The molecule has 7 heteroatoms. The zero-order valence-electron chi connectivity index (χ0n) is 19.4. The Hall–Kier alpha value is -3.87. The van der Waals surface area contributed by atoms with Gasteiger partial charge in [-0.1, -0.05) is 36.4 Å². The number of aryl methyl sites for hydroxylation is 2. The largest absolute Gasteiger partial charge is 0.497 e. The molecule has 0 bridgehead atoms. The Morgan fingerprint density at radius 3 is 2.52 bits per heavy atom. The zero-order chi connectivity index (χ0) is 23.5. The van der Waals surface area contributed by atoms with Gasteiger partial charge >= 0.3 is 0 Å². The average Bonchev–Trinajstić information content (AvgIpc) is 3.27. The monoisotopic (exact) mass is 444 g/mol. The van der Waals surface area contributed by atoms with E-state index in [1.54, 1.807) is 7.11 Å². The first-order chi connectivity index (χ1) is 15.9. The molecular weight excluding hydrogens is 416 g/mol. The average molecular weight is 445 g/mol. The molecule has 7 nitrogen and oxygen atoms in total. The van der Waals surface area contributed by atoms with E-state index < -0.39 is 0 Å². The quantitative estimate of drug-likeness (QED) is 0.473. The van der Waals surface area contributed by atoms with Gasteiger partial charge in [0.1, 0.15) is 11.4 Å². The summed E-state index contributed by atoms with van der Waals surface area (Å²) in [7, 11) is 3.54. The van der Waals surface area contributed by atoms with Crippen LogP contribution in [-0.4, -0.2) is 27.2 Å². The second-order valence-corrected chi connectivity index (χ2v) is 8.17. The standard InChI is InChI=1S/C26H28N4O3/c1-17-7-5-6-8-21(17)23-15-25-29(3)18(2)22(26(32)30(25)28-23)13-14-24(31)27-16-19-9-11-20(33-4)12-10-19/h5-12,15H,13-14,16H2,1-4H3,(H,27,31). The van der Waals surface area contributed by atoms with Crippen LogP contribution in [0.2, 0.25) is 0 Å². The number of aromatic nitrogens is 3. The molecular formula is C26H28N4O3. The van der Waals surface area contributed by atoms with E-state index in [2.05, 4.69) is 10.4 Å². The Kier molecular flexibility index (Phi) is 6.31.